The number of carbonyl (C=O) groups excluding carboxylic acids is 1. The Morgan fingerprint density at radius 1 is 1.38 bits per heavy atom. The smallest absolute Gasteiger partial charge is 0.223 e. The number of aryl methyl sites for hydroxylation is 1. The molecule has 0 saturated carbocycles. The van der Waals surface area contributed by atoms with Gasteiger partial charge in [0.15, 0.2) is 0 Å². The number of hydrogen-bond donors (Lipinski definition) is 1. The van der Waals surface area contributed by atoms with E-state index in [4.69, 9.17) is 11.6 Å². The number of β-amino-alcohol motifs (C(OH)–C–C–N with tert-alkyl or cyclic N) is 1. The topological polar surface area (TPSA) is 43.8 Å². The molecule has 0 aromatic heterocycles. The van der Waals surface area contributed by atoms with Crippen molar-refractivity contribution in [3.05, 3.63) is 34.9 Å². The molecule has 1 saturated heterocycles. The van der Waals surface area contributed by atoms with Crippen LogP contribution in [0.15, 0.2) is 24.3 Å². The summed E-state index contributed by atoms with van der Waals surface area (Å²) in [5.41, 5.74) is 0.342. The van der Waals surface area contributed by atoms with Crippen LogP contribution in [0.3, 0.4) is 0 Å². The van der Waals surface area contributed by atoms with Crippen molar-refractivity contribution < 1.29 is 9.90 Å². The van der Waals surface area contributed by atoms with E-state index in [2.05, 4.69) is 0 Å². The van der Waals surface area contributed by atoms with Crippen LogP contribution in [-0.4, -0.2) is 60.1 Å². The van der Waals surface area contributed by atoms with Gasteiger partial charge >= 0.3 is 0 Å². The lowest BCUT2D eigenvalue weighted by molar-refractivity contribution is -0.131. The van der Waals surface area contributed by atoms with Crippen LogP contribution >= 0.6 is 11.6 Å². The number of likely N-dealkylation sites (tertiary alicyclic amines) is 1. The number of carbonyl (C=O) groups is 1. The third-order valence-electron chi connectivity index (χ3n) is 3.84. The molecule has 1 aromatic rings. The number of halogens is 1. The maximum absolute atomic E-state index is 12.2. The fourth-order valence-electron chi connectivity index (χ4n) is 2.85. The first-order chi connectivity index (χ1) is 9.88. The monoisotopic (exact) mass is 310 g/mol. The van der Waals surface area contributed by atoms with Gasteiger partial charge in [-0.3, -0.25) is 4.79 Å². The van der Waals surface area contributed by atoms with Crippen molar-refractivity contribution in [2.45, 2.75) is 24.9 Å². The third kappa shape index (κ3) is 4.70. The summed E-state index contributed by atoms with van der Waals surface area (Å²) < 4.78 is 0. The Balaban J connectivity index is 1.83. The highest BCUT2D eigenvalue weighted by Crippen LogP contribution is 2.23. The first-order valence-electron chi connectivity index (χ1n) is 7.27. The quantitative estimate of drug-likeness (QED) is 0.902. The molecule has 1 heterocycles. The maximum atomic E-state index is 12.2. The fraction of sp³-hybridized carbons (Fsp3) is 0.562. The molecule has 0 spiro atoms. The number of rotatable bonds is 5. The highest BCUT2D eigenvalue weighted by atomic mass is 35.5. The van der Waals surface area contributed by atoms with Gasteiger partial charge in [-0.05, 0) is 44.6 Å². The number of amides is 1. The summed E-state index contributed by atoms with van der Waals surface area (Å²) in [7, 11) is 3.87. The summed E-state index contributed by atoms with van der Waals surface area (Å²) in [5, 5.41) is 11.2. The maximum Gasteiger partial charge on any atom is 0.223 e. The minimum Gasteiger partial charge on any atom is -0.387 e. The molecular weight excluding hydrogens is 288 g/mol. The van der Waals surface area contributed by atoms with Crippen LogP contribution in [0.5, 0.6) is 0 Å². The zero-order valence-electron chi connectivity index (χ0n) is 12.7. The second kappa shape index (κ2) is 6.77. The summed E-state index contributed by atoms with van der Waals surface area (Å²) in [6.07, 6.45) is 1.83. The van der Waals surface area contributed by atoms with E-state index in [-0.39, 0.29) is 5.91 Å². The molecule has 0 aliphatic carbocycles. The SMILES string of the molecule is CN(C)CC1(O)CCN(C(=O)CCc2ccc(Cl)cc2)C1. The van der Waals surface area contributed by atoms with E-state index in [1.165, 1.54) is 0 Å². The predicted octanol–water partition coefficient (Wildman–Crippen LogP) is 1.80. The van der Waals surface area contributed by atoms with Crippen molar-refractivity contribution in [3.8, 4) is 0 Å². The van der Waals surface area contributed by atoms with Crippen LogP contribution in [-0.2, 0) is 11.2 Å². The number of aliphatic hydroxyl groups is 1. The largest absolute Gasteiger partial charge is 0.387 e. The molecule has 0 bridgehead atoms. The van der Waals surface area contributed by atoms with Crippen LogP contribution in [0, 0.1) is 0 Å². The molecule has 1 aliphatic rings. The van der Waals surface area contributed by atoms with E-state index in [1.54, 1.807) is 4.90 Å². The minimum atomic E-state index is -0.764. The molecule has 1 unspecified atom stereocenters. The second-order valence-electron chi connectivity index (χ2n) is 6.15. The summed E-state index contributed by atoms with van der Waals surface area (Å²) in [5.74, 6) is 0.111. The molecule has 116 valence electrons. The van der Waals surface area contributed by atoms with Gasteiger partial charge in [-0.1, -0.05) is 23.7 Å². The lowest BCUT2D eigenvalue weighted by atomic mass is 10.0. The molecule has 1 aromatic carbocycles. The van der Waals surface area contributed by atoms with Gasteiger partial charge in [0.05, 0.1) is 12.1 Å². The summed E-state index contributed by atoms with van der Waals surface area (Å²) in [6, 6.07) is 7.57. The van der Waals surface area contributed by atoms with Gasteiger partial charge in [-0.15, -0.1) is 0 Å². The lowest BCUT2D eigenvalue weighted by Crippen LogP contribution is -2.43. The lowest BCUT2D eigenvalue weighted by Gasteiger charge is -2.26. The third-order valence-corrected chi connectivity index (χ3v) is 4.09. The number of nitrogens with zero attached hydrogens (tertiary/aromatic N) is 2. The Morgan fingerprint density at radius 3 is 2.67 bits per heavy atom. The zero-order valence-corrected chi connectivity index (χ0v) is 13.4. The van der Waals surface area contributed by atoms with Crippen LogP contribution < -0.4 is 0 Å². The van der Waals surface area contributed by atoms with Crippen molar-refractivity contribution >= 4 is 17.5 Å². The van der Waals surface area contributed by atoms with Crippen molar-refractivity contribution in [1.29, 1.82) is 0 Å². The van der Waals surface area contributed by atoms with Crippen molar-refractivity contribution in [2.24, 2.45) is 0 Å². The molecule has 1 aliphatic heterocycles. The molecule has 0 radical (unpaired) electrons. The summed E-state index contributed by atoms with van der Waals surface area (Å²) >= 11 is 5.84. The Labute approximate surface area is 131 Å². The van der Waals surface area contributed by atoms with E-state index < -0.39 is 5.60 Å². The van der Waals surface area contributed by atoms with E-state index in [1.807, 2.05) is 43.3 Å². The second-order valence-corrected chi connectivity index (χ2v) is 6.59. The number of likely N-dealkylation sites (N-methyl/N-ethyl adjacent to an activating group) is 1. The normalized spacial score (nSPS) is 22.0. The molecule has 1 N–H and O–H groups in total. The van der Waals surface area contributed by atoms with E-state index in [0.29, 0.717) is 43.9 Å². The van der Waals surface area contributed by atoms with Gasteiger partial charge in [0.25, 0.3) is 0 Å². The molecule has 1 fully saturated rings. The highest BCUT2D eigenvalue weighted by molar-refractivity contribution is 6.30. The van der Waals surface area contributed by atoms with Gasteiger partial charge in [-0.2, -0.15) is 0 Å². The first-order valence-corrected chi connectivity index (χ1v) is 7.65. The number of benzene rings is 1. The van der Waals surface area contributed by atoms with Crippen molar-refractivity contribution in [1.82, 2.24) is 9.80 Å². The number of hydrogen-bond acceptors (Lipinski definition) is 3. The Hall–Kier alpha value is -1.10. The molecule has 1 amide bonds. The van der Waals surface area contributed by atoms with Gasteiger partial charge in [0.2, 0.25) is 5.91 Å². The Bertz CT molecular complexity index is 490. The molecule has 4 nitrogen and oxygen atoms in total. The van der Waals surface area contributed by atoms with E-state index in [9.17, 15) is 9.90 Å². The minimum absolute atomic E-state index is 0.111. The van der Waals surface area contributed by atoms with Gasteiger partial charge < -0.3 is 14.9 Å². The summed E-state index contributed by atoms with van der Waals surface area (Å²) in [6.45, 7) is 1.67. The fourth-order valence-corrected chi connectivity index (χ4v) is 2.97. The average molecular weight is 311 g/mol. The van der Waals surface area contributed by atoms with Crippen molar-refractivity contribution in [3.63, 3.8) is 0 Å². The van der Waals surface area contributed by atoms with Crippen LogP contribution in [0.1, 0.15) is 18.4 Å². The van der Waals surface area contributed by atoms with Crippen LogP contribution in [0.2, 0.25) is 5.02 Å². The van der Waals surface area contributed by atoms with E-state index >= 15 is 0 Å². The van der Waals surface area contributed by atoms with Crippen LogP contribution in [0.25, 0.3) is 0 Å². The molecular formula is C16H23ClN2O2. The Kier molecular flexibility index (Phi) is 5.25. The molecule has 2 rings (SSSR count). The average Bonchev–Trinajstić information content (AvgIpc) is 2.79. The molecule has 21 heavy (non-hydrogen) atoms. The van der Waals surface area contributed by atoms with Crippen LogP contribution in [0.4, 0.5) is 0 Å². The van der Waals surface area contributed by atoms with Crippen molar-refractivity contribution in [2.75, 3.05) is 33.7 Å². The predicted molar refractivity (Wildman–Crippen MR) is 84.5 cm³/mol. The first kappa shape index (κ1) is 16.3. The van der Waals surface area contributed by atoms with Gasteiger partial charge in [0.1, 0.15) is 0 Å². The van der Waals surface area contributed by atoms with Gasteiger partial charge in [0, 0.05) is 24.5 Å². The highest BCUT2D eigenvalue weighted by Gasteiger charge is 2.38. The Morgan fingerprint density at radius 2 is 2.05 bits per heavy atom. The standard InChI is InChI=1S/C16H23ClN2O2/c1-18(2)11-16(21)9-10-19(12-16)15(20)8-5-13-3-6-14(17)7-4-13/h3-4,6-7,21H,5,8-12H2,1-2H3. The van der Waals surface area contributed by atoms with E-state index in [0.717, 1.165) is 5.56 Å². The zero-order chi connectivity index (χ0) is 15.5. The molecule has 1 atom stereocenters. The molecule has 5 heteroatoms. The summed E-state index contributed by atoms with van der Waals surface area (Å²) in [4.78, 5) is 16.0. The van der Waals surface area contributed by atoms with Gasteiger partial charge in [-0.25, -0.2) is 0 Å².